The summed E-state index contributed by atoms with van der Waals surface area (Å²) in [7, 11) is 3.41. The first-order valence-corrected chi connectivity index (χ1v) is 5.65. The van der Waals surface area contributed by atoms with Gasteiger partial charge in [-0.05, 0) is 11.8 Å². The van der Waals surface area contributed by atoms with Gasteiger partial charge in [0.2, 0.25) is 0 Å². The van der Waals surface area contributed by atoms with Crippen molar-refractivity contribution in [2.24, 2.45) is 11.8 Å². The lowest BCUT2D eigenvalue weighted by Gasteiger charge is -2.18. The number of methoxy groups -OCH3 is 2. The molecule has 2 nitrogen and oxygen atoms in total. The molecule has 0 aromatic heterocycles. The van der Waals surface area contributed by atoms with Crippen LogP contribution in [0.25, 0.3) is 0 Å². The van der Waals surface area contributed by atoms with Crippen LogP contribution in [0.15, 0.2) is 0 Å². The van der Waals surface area contributed by atoms with Crippen LogP contribution in [0, 0.1) is 11.8 Å². The maximum Gasteiger partial charge on any atom is 0.157 e. The van der Waals surface area contributed by atoms with Crippen LogP contribution >= 0.6 is 0 Å². The fraction of sp³-hybridized carbons (Fsp3) is 1.00. The molecule has 0 bridgehead atoms. The van der Waals surface area contributed by atoms with Crippen molar-refractivity contribution >= 4 is 0 Å². The van der Waals surface area contributed by atoms with E-state index in [2.05, 4.69) is 20.8 Å². The number of hydrogen-bond acceptors (Lipinski definition) is 2. The van der Waals surface area contributed by atoms with Crippen LogP contribution in [-0.4, -0.2) is 20.5 Å². The zero-order chi connectivity index (χ0) is 11.0. The molecule has 0 radical (unpaired) electrons. The molecule has 0 aromatic rings. The van der Waals surface area contributed by atoms with Gasteiger partial charge in [-0.25, -0.2) is 0 Å². The highest BCUT2D eigenvalue weighted by atomic mass is 16.7. The van der Waals surface area contributed by atoms with Crippen LogP contribution < -0.4 is 0 Å². The Morgan fingerprint density at radius 3 is 1.93 bits per heavy atom. The molecule has 1 atom stereocenters. The molecule has 0 amide bonds. The first-order chi connectivity index (χ1) is 6.60. The van der Waals surface area contributed by atoms with Gasteiger partial charge in [-0.2, -0.15) is 0 Å². The van der Waals surface area contributed by atoms with Crippen molar-refractivity contribution in [3.8, 4) is 0 Å². The predicted molar refractivity (Wildman–Crippen MR) is 60.3 cm³/mol. The predicted octanol–water partition coefficient (Wildman–Crippen LogP) is 3.46. The van der Waals surface area contributed by atoms with E-state index in [-0.39, 0.29) is 6.29 Å². The molecule has 0 heterocycles. The van der Waals surface area contributed by atoms with Crippen LogP contribution in [0.3, 0.4) is 0 Å². The number of hydrogen-bond donors (Lipinski definition) is 0. The van der Waals surface area contributed by atoms with E-state index in [1.807, 2.05) is 0 Å². The van der Waals surface area contributed by atoms with E-state index in [1.54, 1.807) is 14.2 Å². The smallest absolute Gasteiger partial charge is 0.157 e. The van der Waals surface area contributed by atoms with E-state index >= 15 is 0 Å². The lowest BCUT2D eigenvalue weighted by molar-refractivity contribution is -0.113. The topological polar surface area (TPSA) is 18.5 Å². The average Bonchev–Trinajstić information content (AvgIpc) is 2.13. The summed E-state index contributed by atoms with van der Waals surface area (Å²) < 4.78 is 10.4. The lowest BCUT2D eigenvalue weighted by atomic mass is 9.97. The van der Waals surface area contributed by atoms with Crippen molar-refractivity contribution in [2.75, 3.05) is 14.2 Å². The molecule has 0 saturated heterocycles. The highest BCUT2D eigenvalue weighted by Gasteiger charge is 2.11. The summed E-state index contributed by atoms with van der Waals surface area (Å²) in [4.78, 5) is 0. The van der Waals surface area contributed by atoms with E-state index in [4.69, 9.17) is 9.47 Å². The van der Waals surface area contributed by atoms with E-state index in [1.165, 1.54) is 19.3 Å². The molecule has 0 spiro atoms. The molecule has 14 heavy (non-hydrogen) atoms. The van der Waals surface area contributed by atoms with Crippen LogP contribution in [0.4, 0.5) is 0 Å². The van der Waals surface area contributed by atoms with Crippen molar-refractivity contribution in [1.29, 1.82) is 0 Å². The third-order valence-corrected chi connectivity index (χ3v) is 2.60. The average molecular weight is 202 g/mol. The second kappa shape index (κ2) is 8.25. The van der Waals surface area contributed by atoms with Gasteiger partial charge in [0.15, 0.2) is 6.29 Å². The van der Waals surface area contributed by atoms with Gasteiger partial charge in [-0.15, -0.1) is 0 Å². The number of rotatable bonds is 8. The minimum Gasteiger partial charge on any atom is -0.356 e. The molecule has 0 saturated carbocycles. The largest absolute Gasteiger partial charge is 0.356 e. The van der Waals surface area contributed by atoms with Gasteiger partial charge in [-0.1, -0.05) is 40.0 Å². The van der Waals surface area contributed by atoms with Crippen molar-refractivity contribution < 1.29 is 9.47 Å². The Bertz CT molecular complexity index is 119. The summed E-state index contributed by atoms with van der Waals surface area (Å²) in [5.41, 5.74) is 0. The summed E-state index contributed by atoms with van der Waals surface area (Å²) >= 11 is 0. The zero-order valence-corrected chi connectivity index (χ0v) is 10.4. The van der Waals surface area contributed by atoms with Gasteiger partial charge in [0.25, 0.3) is 0 Å². The SMILES string of the molecule is COC(C[C@@H](C)CCCC(C)C)OC. The maximum atomic E-state index is 5.18. The van der Waals surface area contributed by atoms with Crippen molar-refractivity contribution in [2.45, 2.75) is 52.7 Å². The fourth-order valence-corrected chi connectivity index (χ4v) is 1.61. The second-order valence-electron chi connectivity index (χ2n) is 4.57. The van der Waals surface area contributed by atoms with Crippen LogP contribution in [0.1, 0.15) is 46.5 Å². The molecule has 2 heteroatoms. The number of ether oxygens (including phenoxy) is 2. The minimum absolute atomic E-state index is 0.0240. The lowest BCUT2D eigenvalue weighted by Crippen LogP contribution is -2.16. The Kier molecular flexibility index (Phi) is 8.20. The highest BCUT2D eigenvalue weighted by Crippen LogP contribution is 2.17. The van der Waals surface area contributed by atoms with Crippen LogP contribution in [-0.2, 0) is 9.47 Å². The maximum absolute atomic E-state index is 5.18. The molecular weight excluding hydrogens is 176 g/mol. The monoisotopic (exact) mass is 202 g/mol. The Morgan fingerprint density at radius 2 is 1.50 bits per heavy atom. The molecular formula is C12H26O2. The van der Waals surface area contributed by atoms with E-state index in [0.717, 1.165) is 12.3 Å². The molecule has 0 aromatic carbocycles. The van der Waals surface area contributed by atoms with E-state index in [0.29, 0.717) is 5.92 Å². The molecule has 0 rings (SSSR count). The summed E-state index contributed by atoms with van der Waals surface area (Å²) in [5, 5.41) is 0. The summed E-state index contributed by atoms with van der Waals surface area (Å²) in [6.07, 6.45) is 4.91. The van der Waals surface area contributed by atoms with Gasteiger partial charge in [0.1, 0.15) is 0 Å². The summed E-state index contributed by atoms with van der Waals surface area (Å²) in [6, 6.07) is 0. The normalized spacial score (nSPS) is 13.9. The molecule has 0 fully saturated rings. The van der Waals surface area contributed by atoms with Gasteiger partial charge >= 0.3 is 0 Å². The quantitative estimate of drug-likeness (QED) is 0.561. The molecule has 0 unspecified atom stereocenters. The van der Waals surface area contributed by atoms with Gasteiger partial charge in [0.05, 0.1) is 0 Å². The Morgan fingerprint density at radius 1 is 0.929 bits per heavy atom. The van der Waals surface area contributed by atoms with Gasteiger partial charge in [-0.3, -0.25) is 0 Å². The Labute approximate surface area is 89.0 Å². The first kappa shape index (κ1) is 13.9. The molecule has 0 aliphatic heterocycles. The summed E-state index contributed by atoms with van der Waals surface area (Å²) in [6.45, 7) is 6.82. The van der Waals surface area contributed by atoms with Crippen LogP contribution in [0.5, 0.6) is 0 Å². The Balaban J connectivity index is 3.48. The highest BCUT2D eigenvalue weighted by molar-refractivity contribution is 4.57. The van der Waals surface area contributed by atoms with Crippen molar-refractivity contribution in [3.63, 3.8) is 0 Å². The zero-order valence-electron chi connectivity index (χ0n) is 10.4. The summed E-state index contributed by atoms with van der Waals surface area (Å²) in [5.74, 6) is 1.52. The van der Waals surface area contributed by atoms with Gasteiger partial charge in [0, 0.05) is 20.6 Å². The van der Waals surface area contributed by atoms with Crippen LogP contribution in [0.2, 0.25) is 0 Å². The van der Waals surface area contributed by atoms with E-state index < -0.39 is 0 Å². The molecule has 0 aliphatic carbocycles. The van der Waals surface area contributed by atoms with Crippen molar-refractivity contribution in [3.05, 3.63) is 0 Å². The molecule has 0 aliphatic rings. The third kappa shape index (κ3) is 7.34. The molecule has 86 valence electrons. The van der Waals surface area contributed by atoms with E-state index in [9.17, 15) is 0 Å². The van der Waals surface area contributed by atoms with Gasteiger partial charge < -0.3 is 9.47 Å². The third-order valence-electron chi connectivity index (χ3n) is 2.60. The molecule has 0 N–H and O–H groups in total. The Hall–Kier alpha value is -0.0800. The minimum atomic E-state index is -0.0240. The fourth-order valence-electron chi connectivity index (χ4n) is 1.61. The first-order valence-electron chi connectivity index (χ1n) is 5.65. The van der Waals surface area contributed by atoms with Crippen molar-refractivity contribution in [1.82, 2.24) is 0 Å². The second-order valence-corrected chi connectivity index (χ2v) is 4.57. The standard InChI is InChI=1S/C12H26O2/c1-10(2)7-6-8-11(3)9-12(13-4)14-5/h10-12H,6-9H2,1-5H3/t11-/m0/s1.